The molecule has 0 fully saturated rings. The summed E-state index contributed by atoms with van der Waals surface area (Å²) in [4.78, 5) is 4.52. The van der Waals surface area contributed by atoms with Crippen molar-refractivity contribution in [3.63, 3.8) is 0 Å². The zero-order valence-electron chi connectivity index (χ0n) is 14.5. The zero-order valence-corrected chi connectivity index (χ0v) is 16.9. The van der Waals surface area contributed by atoms with Crippen molar-refractivity contribution in [1.29, 1.82) is 0 Å². The Morgan fingerprint density at radius 3 is 2.72 bits per heavy atom. The predicted octanol–water partition coefficient (Wildman–Crippen LogP) is 3.55. The first-order valence-corrected chi connectivity index (χ1v) is 8.13. The first-order valence-electron chi connectivity index (χ1n) is 8.13. The summed E-state index contributed by atoms with van der Waals surface area (Å²) in [6.07, 6.45) is 4.25. The molecule has 0 saturated carbocycles. The van der Waals surface area contributed by atoms with Gasteiger partial charge in [0.25, 0.3) is 0 Å². The number of nitrogens with zero attached hydrogens (tertiary/aromatic N) is 1. The maximum atomic E-state index is 5.70. The lowest BCUT2D eigenvalue weighted by atomic mass is 10.2. The molecule has 0 aliphatic carbocycles. The Morgan fingerprint density at radius 2 is 2.04 bits per heavy atom. The number of benzene rings is 1. The number of hydrogen-bond donors (Lipinski definition) is 2. The SMILES string of the molecule is C=CCNC(=NCCc1ccco1)NCCOc1ccc(C)cc1.I. The van der Waals surface area contributed by atoms with Crippen molar-refractivity contribution < 1.29 is 9.15 Å². The van der Waals surface area contributed by atoms with E-state index in [-0.39, 0.29) is 24.0 Å². The van der Waals surface area contributed by atoms with Crippen molar-refractivity contribution in [1.82, 2.24) is 10.6 Å². The summed E-state index contributed by atoms with van der Waals surface area (Å²) in [5.74, 6) is 2.55. The summed E-state index contributed by atoms with van der Waals surface area (Å²) in [6, 6.07) is 11.9. The standard InChI is InChI=1S/C19H25N3O2.HI/c1-3-11-20-19(21-12-10-17-5-4-14-23-17)22-13-15-24-18-8-6-16(2)7-9-18;/h3-9,14H,1,10-13,15H2,2H3,(H2,20,21,22);1H. The van der Waals surface area contributed by atoms with E-state index in [9.17, 15) is 0 Å². The first-order chi connectivity index (χ1) is 11.8. The third kappa shape index (κ3) is 8.62. The molecule has 1 aromatic carbocycles. The van der Waals surface area contributed by atoms with Gasteiger partial charge in [-0.3, -0.25) is 4.99 Å². The van der Waals surface area contributed by atoms with E-state index < -0.39 is 0 Å². The largest absolute Gasteiger partial charge is 0.492 e. The molecule has 25 heavy (non-hydrogen) atoms. The van der Waals surface area contributed by atoms with Gasteiger partial charge in [0.2, 0.25) is 0 Å². The first kappa shape index (κ1) is 21.1. The third-order valence-electron chi connectivity index (χ3n) is 3.31. The van der Waals surface area contributed by atoms with Crippen LogP contribution in [0.15, 0.2) is 64.7 Å². The number of aliphatic imine (C=N–C) groups is 1. The summed E-state index contributed by atoms with van der Waals surface area (Å²) in [6.45, 7) is 8.31. The van der Waals surface area contributed by atoms with Crippen LogP contribution in [0, 0.1) is 6.92 Å². The minimum atomic E-state index is 0. The summed E-state index contributed by atoms with van der Waals surface area (Å²) in [7, 11) is 0. The minimum absolute atomic E-state index is 0. The molecule has 1 heterocycles. The van der Waals surface area contributed by atoms with Crippen LogP contribution in [-0.4, -0.2) is 32.2 Å². The summed E-state index contributed by atoms with van der Waals surface area (Å²) < 4.78 is 11.0. The van der Waals surface area contributed by atoms with Crippen LogP contribution >= 0.6 is 24.0 Å². The Labute approximate surface area is 166 Å². The molecule has 0 spiro atoms. The topological polar surface area (TPSA) is 58.8 Å². The van der Waals surface area contributed by atoms with Gasteiger partial charge in [0.15, 0.2) is 5.96 Å². The van der Waals surface area contributed by atoms with Crippen LogP contribution in [0.2, 0.25) is 0 Å². The molecule has 2 aromatic rings. The highest BCUT2D eigenvalue weighted by atomic mass is 127. The number of aryl methyl sites for hydroxylation is 1. The van der Waals surface area contributed by atoms with Gasteiger partial charge < -0.3 is 19.8 Å². The molecule has 0 atom stereocenters. The number of ether oxygens (including phenoxy) is 1. The van der Waals surface area contributed by atoms with Gasteiger partial charge >= 0.3 is 0 Å². The summed E-state index contributed by atoms with van der Waals surface area (Å²) in [5, 5.41) is 6.44. The van der Waals surface area contributed by atoms with Crippen LogP contribution in [0.1, 0.15) is 11.3 Å². The van der Waals surface area contributed by atoms with Crippen LogP contribution in [0.25, 0.3) is 0 Å². The summed E-state index contributed by atoms with van der Waals surface area (Å²) >= 11 is 0. The Morgan fingerprint density at radius 1 is 1.24 bits per heavy atom. The highest BCUT2D eigenvalue weighted by Crippen LogP contribution is 2.10. The Balaban J connectivity index is 0.00000312. The molecule has 0 bridgehead atoms. The van der Waals surface area contributed by atoms with Gasteiger partial charge in [-0.2, -0.15) is 0 Å². The molecule has 0 amide bonds. The molecular formula is C19H26IN3O2. The fourth-order valence-corrected chi connectivity index (χ4v) is 2.05. The second-order valence-corrected chi connectivity index (χ2v) is 5.32. The molecule has 5 nitrogen and oxygen atoms in total. The van der Waals surface area contributed by atoms with E-state index >= 15 is 0 Å². The molecule has 136 valence electrons. The van der Waals surface area contributed by atoms with Gasteiger partial charge in [-0.05, 0) is 31.2 Å². The normalized spacial score (nSPS) is 10.7. The van der Waals surface area contributed by atoms with Gasteiger partial charge in [-0.15, -0.1) is 30.6 Å². The molecule has 0 aliphatic rings. The Hall–Kier alpha value is -1.96. The maximum absolute atomic E-state index is 5.70. The Kier molecular flexibility index (Phi) is 10.5. The van der Waals surface area contributed by atoms with Crippen molar-refractivity contribution >= 4 is 29.9 Å². The minimum Gasteiger partial charge on any atom is -0.492 e. The zero-order chi connectivity index (χ0) is 17.0. The predicted molar refractivity (Wildman–Crippen MR) is 113 cm³/mol. The van der Waals surface area contributed by atoms with Crippen molar-refractivity contribution in [3.05, 3.63) is 66.6 Å². The van der Waals surface area contributed by atoms with Gasteiger partial charge in [-0.1, -0.05) is 23.8 Å². The molecule has 0 aliphatic heterocycles. The van der Waals surface area contributed by atoms with Crippen LogP contribution < -0.4 is 15.4 Å². The van der Waals surface area contributed by atoms with E-state index in [0.717, 1.165) is 23.9 Å². The van der Waals surface area contributed by atoms with E-state index in [4.69, 9.17) is 9.15 Å². The van der Waals surface area contributed by atoms with E-state index in [0.29, 0.717) is 26.2 Å². The number of guanidine groups is 1. The number of furan rings is 1. The van der Waals surface area contributed by atoms with Gasteiger partial charge in [-0.25, -0.2) is 0 Å². The van der Waals surface area contributed by atoms with Gasteiger partial charge in [0, 0.05) is 19.5 Å². The van der Waals surface area contributed by atoms with Crippen molar-refractivity contribution in [3.8, 4) is 5.75 Å². The van der Waals surface area contributed by atoms with E-state index in [1.54, 1.807) is 12.3 Å². The van der Waals surface area contributed by atoms with Crippen molar-refractivity contribution in [2.24, 2.45) is 4.99 Å². The average molecular weight is 455 g/mol. The average Bonchev–Trinajstić information content (AvgIpc) is 3.11. The van der Waals surface area contributed by atoms with Crippen LogP contribution in [0.3, 0.4) is 0 Å². The van der Waals surface area contributed by atoms with Gasteiger partial charge in [0.05, 0.1) is 12.8 Å². The van der Waals surface area contributed by atoms with E-state index in [1.165, 1.54) is 5.56 Å². The lowest BCUT2D eigenvalue weighted by Crippen LogP contribution is -2.39. The fraction of sp³-hybridized carbons (Fsp3) is 0.316. The number of halogens is 1. The third-order valence-corrected chi connectivity index (χ3v) is 3.31. The molecule has 2 rings (SSSR count). The summed E-state index contributed by atoms with van der Waals surface area (Å²) in [5.41, 5.74) is 1.22. The lowest BCUT2D eigenvalue weighted by molar-refractivity contribution is 0.322. The second-order valence-electron chi connectivity index (χ2n) is 5.32. The second kappa shape index (κ2) is 12.4. The van der Waals surface area contributed by atoms with Crippen LogP contribution in [-0.2, 0) is 6.42 Å². The number of rotatable bonds is 9. The highest BCUT2D eigenvalue weighted by molar-refractivity contribution is 14.0. The number of hydrogen-bond acceptors (Lipinski definition) is 3. The van der Waals surface area contributed by atoms with Crippen molar-refractivity contribution in [2.45, 2.75) is 13.3 Å². The highest BCUT2D eigenvalue weighted by Gasteiger charge is 1.99. The molecule has 2 N–H and O–H groups in total. The van der Waals surface area contributed by atoms with E-state index in [2.05, 4.69) is 29.1 Å². The molecular weight excluding hydrogens is 429 g/mol. The van der Waals surface area contributed by atoms with Crippen molar-refractivity contribution in [2.75, 3.05) is 26.2 Å². The molecule has 6 heteroatoms. The lowest BCUT2D eigenvalue weighted by Gasteiger charge is -2.12. The molecule has 0 unspecified atom stereocenters. The van der Waals surface area contributed by atoms with Gasteiger partial charge in [0.1, 0.15) is 18.1 Å². The molecule has 0 saturated heterocycles. The number of nitrogens with one attached hydrogen (secondary N) is 2. The maximum Gasteiger partial charge on any atom is 0.191 e. The molecule has 0 radical (unpaired) electrons. The van der Waals surface area contributed by atoms with Crippen LogP contribution in [0.4, 0.5) is 0 Å². The fourth-order valence-electron chi connectivity index (χ4n) is 2.05. The Bertz CT molecular complexity index is 625. The van der Waals surface area contributed by atoms with E-state index in [1.807, 2.05) is 36.4 Å². The monoisotopic (exact) mass is 455 g/mol. The quantitative estimate of drug-likeness (QED) is 0.200. The smallest absolute Gasteiger partial charge is 0.191 e. The van der Waals surface area contributed by atoms with Crippen LogP contribution in [0.5, 0.6) is 5.75 Å². The molecule has 1 aromatic heterocycles.